The van der Waals surface area contributed by atoms with E-state index in [0.717, 1.165) is 11.1 Å². The Kier molecular flexibility index (Phi) is 4.19. The smallest absolute Gasteiger partial charge is 0.224 e. The minimum Gasteiger partial charge on any atom is -0.352 e. The van der Waals surface area contributed by atoms with Crippen molar-refractivity contribution in [1.82, 2.24) is 5.32 Å². The maximum Gasteiger partial charge on any atom is 0.224 e. The molecule has 0 radical (unpaired) electrons. The van der Waals surface area contributed by atoms with Gasteiger partial charge in [-0.1, -0.05) is 66.7 Å². The van der Waals surface area contributed by atoms with Crippen LogP contribution in [0.3, 0.4) is 0 Å². The summed E-state index contributed by atoms with van der Waals surface area (Å²) in [6.07, 6.45) is 0.413. The van der Waals surface area contributed by atoms with Gasteiger partial charge >= 0.3 is 0 Å². The fourth-order valence-corrected chi connectivity index (χ4v) is 2.60. The van der Waals surface area contributed by atoms with Gasteiger partial charge in [0.15, 0.2) is 0 Å². The summed E-state index contributed by atoms with van der Waals surface area (Å²) in [5.41, 5.74) is 3.41. The van der Waals surface area contributed by atoms with Gasteiger partial charge in [-0.3, -0.25) is 4.79 Å². The van der Waals surface area contributed by atoms with Crippen LogP contribution >= 0.6 is 0 Å². The Morgan fingerprint density at radius 1 is 0.909 bits per heavy atom. The number of hydrogen-bond donors (Lipinski definition) is 1. The molecule has 0 aliphatic heterocycles. The van der Waals surface area contributed by atoms with E-state index >= 15 is 0 Å². The van der Waals surface area contributed by atoms with E-state index in [1.54, 1.807) is 0 Å². The molecule has 2 heteroatoms. The highest BCUT2D eigenvalue weighted by Gasteiger charge is 2.05. The summed E-state index contributed by atoms with van der Waals surface area (Å²) in [5.74, 6) is 0.0542. The van der Waals surface area contributed by atoms with E-state index in [4.69, 9.17) is 0 Å². The van der Waals surface area contributed by atoms with Crippen molar-refractivity contribution in [1.29, 1.82) is 0 Å². The van der Waals surface area contributed by atoms with Crippen LogP contribution in [-0.2, 0) is 17.8 Å². The molecule has 0 saturated heterocycles. The van der Waals surface area contributed by atoms with Crippen LogP contribution in [0.25, 0.3) is 10.8 Å². The molecule has 0 aliphatic rings. The summed E-state index contributed by atoms with van der Waals surface area (Å²) in [4.78, 5) is 12.1. The standard InChI is InChI=1S/C20H19NO/c1-15-6-2-3-9-19(15)14-21-20(22)13-16-10-11-17-7-4-5-8-18(17)12-16/h2-12H,13-14H2,1H3,(H,21,22). The van der Waals surface area contributed by atoms with Crippen molar-refractivity contribution in [2.24, 2.45) is 0 Å². The Balaban J connectivity index is 1.64. The molecule has 3 aromatic carbocycles. The number of benzene rings is 3. The maximum absolute atomic E-state index is 12.1. The number of nitrogens with one attached hydrogen (secondary N) is 1. The van der Waals surface area contributed by atoms with Gasteiger partial charge in [-0.05, 0) is 34.4 Å². The van der Waals surface area contributed by atoms with Crippen molar-refractivity contribution < 1.29 is 4.79 Å². The van der Waals surface area contributed by atoms with Crippen LogP contribution in [0.1, 0.15) is 16.7 Å². The van der Waals surface area contributed by atoms with Gasteiger partial charge < -0.3 is 5.32 Å². The molecule has 0 spiro atoms. The van der Waals surface area contributed by atoms with E-state index in [0.29, 0.717) is 13.0 Å². The molecule has 22 heavy (non-hydrogen) atoms. The number of rotatable bonds is 4. The van der Waals surface area contributed by atoms with Crippen molar-refractivity contribution in [3.05, 3.63) is 83.4 Å². The van der Waals surface area contributed by atoms with E-state index in [9.17, 15) is 4.79 Å². The van der Waals surface area contributed by atoms with Gasteiger partial charge in [0.1, 0.15) is 0 Å². The molecule has 1 amide bonds. The van der Waals surface area contributed by atoms with Gasteiger partial charge in [0.25, 0.3) is 0 Å². The third-order valence-electron chi connectivity index (χ3n) is 3.92. The van der Waals surface area contributed by atoms with Gasteiger partial charge in [0.05, 0.1) is 6.42 Å². The molecule has 0 fully saturated rings. The molecular formula is C20H19NO. The number of carbonyl (C=O) groups is 1. The first-order chi connectivity index (χ1) is 10.7. The summed E-state index contributed by atoms with van der Waals surface area (Å²) in [6, 6.07) is 22.5. The average Bonchev–Trinajstić information content (AvgIpc) is 2.54. The zero-order valence-corrected chi connectivity index (χ0v) is 12.7. The normalized spacial score (nSPS) is 10.6. The van der Waals surface area contributed by atoms with Crippen LogP contribution in [0.4, 0.5) is 0 Å². The molecule has 0 heterocycles. The summed E-state index contributed by atoms with van der Waals surface area (Å²) in [6.45, 7) is 2.64. The van der Waals surface area contributed by atoms with E-state index in [1.165, 1.54) is 16.3 Å². The molecule has 2 nitrogen and oxygen atoms in total. The Bertz CT molecular complexity index is 807. The lowest BCUT2D eigenvalue weighted by Crippen LogP contribution is -2.24. The van der Waals surface area contributed by atoms with E-state index in [-0.39, 0.29) is 5.91 Å². The first-order valence-electron chi connectivity index (χ1n) is 7.51. The van der Waals surface area contributed by atoms with Gasteiger partial charge in [-0.25, -0.2) is 0 Å². The molecule has 0 atom stereocenters. The highest BCUT2D eigenvalue weighted by atomic mass is 16.1. The molecule has 0 unspecified atom stereocenters. The van der Waals surface area contributed by atoms with Gasteiger partial charge in [0, 0.05) is 6.54 Å². The maximum atomic E-state index is 12.1. The number of hydrogen-bond acceptors (Lipinski definition) is 1. The molecule has 110 valence electrons. The first-order valence-corrected chi connectivity index (χ1v) is 7.51. The topological polar surface area (TPSA) is 29.1 Å². The van der Waals surface area contributed by atoms with Crippen LogP contribution in [0, 0.1) is 6.92 Å². The fraction of sp³-hybridized carbons (Fsp3) is 0.150. The molecule has 0 saturated carbocycles. The van der Waals surface area contributed by atoms with E-state index in [2.05, 4.69) is 42.6 Å². The second kappa shape index (κ2) is 6.44. The predicted molar refractivity (Wildman–Crippen MR) is 90.7 cm³/mol. The van der Waals surface area contributed by atoms with Crippen LogP contribution < -0.4 is 5.32 Å². The largest absolute Gasteiger partial charge is 0.352 e. The van der Waals surface area contributed by atoms with Gasteiger partial charge in [-0.15, -0.1) is 0 Å². The lowest BCUT2D eigenvalue weighted by Gasteiger charge is -2.08. The lowest BCUT2D eigenvalue weighted by molar-refractivity contribution is -0.120. The predicted octanol–water partition coefficient (Wildman–Crippen LogP) is 4.01. The van der Waals surface area contributed by atoms with Crippen molar-refractivity contribution in [2.45, 2.75) is 19.9 Å². The third kappa shape index (κ3) is 3.34. The SMILES string of the molecule is Cc1ccccc1CNC(=O)Cc1ccc2ccccc2c1. The Morgan fingerprint density at radius 2 is 1.64 bits per heavy atom. The summed E-state index contributed by atoms with van der Waals surface area (Å²) in [5, 5.41) is 5.37. The quantitative estimate of drug-likeness (QED) is 0.772. The molecule has 3 rings (SSSR count). The highest BCUT2D eigenvalue weighted by molar-refractivity contribution is 5.85. The summed E-state index contributed by atoms with van der Waals surface area (Å²) in [7, 11) is 0. The Labute approximate surface area is 130 Å². The summed E-state index contributed by atoms with van der Waals surface area (Å²) >= 11 is 0. The number of carbonyl (C=O) groups excluding carboxylic acids is 1. The van der Waals surface area contributed by atoms with Crippen LogP contribution in [0.5, 0.6) is 0 Å². The van der Waals surface area contributed by atoms with Crippen LogP contribution in [-0.4, -0.2) is 5.91 Å². The zero-order chi connectivity index (χ0) is 15.4. The van der Waals surface area contributed by atoms with Gasteiger partial charge in [-0.2, -0.15) is 0 Å². The van der Waals surface area contributed by atoms with E-state index < -0.39 is 0 Å². The lowest BCUT2D eigenvalue weighted by atomic mass is 10.0. The number of fused-ring (bicyclic) bond motifs is 1. The van der Waals surface area contributed by atoms with Crippen molar-refractivity contribution in [3.8, 4) is 0 Å². The monoisotopic (exact) mass is 289 g/mol. The van der Waals surface area contributed by atoms with Crippen molar-refractivity contribution in [2.75, 3.05) is 0 Å². The average molecular weight is 289 g/mol. The van der Waals surface area contributed by atoms with Crippen molar-refractivity contribution in [3.63, 3.8) is 0 Å². The number of amides is 1. The summed E-state index contributed by atoms with van der Waals surface area (Å²) < 4.78 is 0. The minimum atomic E-state index is 0.0542. The molecule has 0 bridgehead atoms. The molecule has 1 N–H and O–H groups in total. The molecule has 3 aromatic rings. The first kappa shape index (κ1) is 14.3. The fourth-order valence-electron chi connectivity index (χ4n) is 2.60. The second-order valence-corrected chi connectivity index (χ2v) is 5.56. The van der Waals surface area contributed by atoms with Gasteiger partial charge in [0.2, 0.25) is 5.91 Å². The second-order valence-electron chi connectivity index (χ2n) is 5.56. The third-order valence-corrected chi connectivity index (χ3v) is 3.92. The van der Waals surface area contributed by atoms with Crippen molar-refractivity contribution >= 4 is 16.7 Å². The Hall–Kier alpha value is -2.61. The molecule has 0 aromatic heterocycles. The highest BCUT2D eigenvalue weighted by Crippen LogP contribution is 2.16. The molecule has 0 aliphatic carbocycles. The zero-order valence-electron chi connectivity index (χ0n) is 12.7. The minimum absolute atomic E-state index is 0.0542. The van der Waals surface area contributed by atoms with E-state index in [1.807, 2.05) is 36.4 Å². The van der Waals surface area contributed by atoms with Crippen LogP contribution in [0.15, 0.2) is 66.7 Å². The Morgan fingerprint density at radius 3 is 2.45 bits per heavy atom. The molecular weight excluding hydrogens is 270 g/mol. The number of aryl methyl sites for hydroxylation is 1. The van der Waals surface area contributed by atoms with Crippen LogP contribution in [0.2, 0.25) is 0 Å².